The number of aryl methyl sites for hydroxylation is 1. The van der Waals surface area contributed by atoms with Crippen LogP contribution in [-0.2, 0) is 6.54 Å². The molecule has 2 aromatic heterocycles. The number of hydrogen-bond donors (Lipinski definition) is 1. The van der Waals surface area contributed by atoms with Crippen LogP contribution in [0.5, 0.6) is 0 Å². The molecule has 18 heavy (non-hydrogen) atoms. The fraction of sp³-hybridized carbons (Fsp3) is 0.167. The van der Waals surface area contributed by atoms with Crippen LogP contribution in [0.25, 0.3) is 0 Å². The predicted octanol–water partition coefficient (Wildman–Crippen LogP) is 0.475. The van der Waals surface area contributed by atoms with Gasteiger partial charge in [0.2, 0.25) is 0 Å². The fourth-order valence-corrected chi connectivity index (χ4v) is 1.46. The topological polar surface area (TPSA) is 95.5 Å². The van der Waals surface area contributed by atoms with E-state index in [0.717, 1.165) is 0 Å². The van der Waals surface area contributed by atoms with E-state index in [4.69, 9.17) is 8.83 Å². The van der Waals surface area contributed by atoms with Crippen molar-refractivity contribution in [1.82, 2.24) is 5.32 Å². The molecule has 0 aliphatic carbocycles. The van der Waals surface area contributed by atoms with Gasteiger partial charge in [0.25, 0.3) is 5.91 Å². The molecule has 0 aromatic carbocycles. The summed E-state index contributed by atoms with van der Waals surface area (Å²) >= 11 is 0. The predicted molar refractivity (Wildman–Crippen MR) is 57.7 cm³/mol. The third kappa shape index (κ3) is 2.42. The lowest BCUT2D eigenvalue weighted by Crippen LogP contribution is -2.26. The quantitative estimate of drug-likeness (QED) is 0.848. The third-order valence-electron chi connectivity index (χ3n) is 2.34. The van der Waals surface area contributed by atoms with Crippen molar-refractivity contribution in [3.8, 4) is 0 Å². The first-order valence-electron chi connectivity index (χ1n) is 5.20. The van der Waals surface area contributed by atoms with Gasteiger partial charge in [0.15, 0.2) is 5.76 Å². The number of amides is 1. The van der Waals surface area contributed by atoms with E-state index in [1.54, 1.807) is 13.0 Å². The highest BCUT2D eigenvalue weighted by Gasteiger charge is 2.12. The smallest absolute Gasteiger partial charge is 0.287 e. The molecule has 1 N–H and O–H groups in total. The number of carbonyl (C=O) groups is 2. The van der Waals surface area contributed by atoms with Gasteiger partial charge in [-0.3, -0.25) is 4.79 Å². The maximum Gasteiger partial charge on any atom is 0.287 e. The Bertz CT molecular complexity index is 581. The van der Waals surface area contributed by atoms with E-state index in [-0.39, 0.29) is 23.6 Å². The van der Waals surface area contributed by atoms with Crippen LogP contribution < -0.4 is 10.4 Å². The van der Waals surface area contributed by atoms with Crippen LogP contribution in [0, 0.1) is 6.92 Å². The second kappa shape index (κ2) is 4.79. The molecule has 0 saturated heterocycles. The summed E-state index contributed by atoms with van der Waals surface area (Å²) < 4.78 is 10.1. The van der Waals surface area contributed by atoms with E-state index < -0.39 is 11.9 Å². The van der Waals surface area contributed by atoms with E-state index in [1.165, 1.54) is 18.4 Å². The summed E-state index contributed by atoms with van der Waals surface area (Å²) in [6.45, 7) is 1.67. The van der Waals surface area contributed by atoms with Crippen molar-refractivity contribution in [2.75, 3.05) is 0 Å². The molecule has 1 amide bonds. The molecule has 6 heteroatoms. The minimum absolute atomic E-state index is 0.0467. The van der Waals surface area contributed by atoms with Gasteiger partial charge in [0, 0.05) is 5.56 Å². The van der Waals surface area contributed by atoms with E-state index in [9.17, 15) is 14.7 Å². The van der Waals surface area contributed by atoms with Gasteiger partial charge in [-0.25, -0.2) is 0 Å². The van der Waals surface area contributed by atoms with Crippen LogP contribution in [0.3, 0.4) is 0 Å². The molecular weight excluding hydrogens is 238 g/mol. The molecule has 0 aliphatic heterocycles. The first-order valence-corrected chi connectivity index (χ1v) is 5.20. The van der Waals surface area contributed by atoms with Crippen LogP contribution in [0.1, 0.15) is 32.4 Å². The highest BCUT2D eigenvalue weighted by atomic mass is 16.4. The summed E-state index contributed by atoms with van der Waals surface area (Å²) in [7, 11) is 0. The van der Waals surface area contributed by atoms with Crippen LogP contribution in [-0.4, -0.2) is 11.9 Å². The minimum atomic E-state index is -1.35. The normalized spacial score (nSPS) is 10.3. The minimum Gasteiger partial charge on any atom is -0.545 e. The lowest BCUT2D eigenvalue weighted by Gasteiger charge is -2.04. The summed E-state index contributed by atoms with van der Waals surface area (Å²) in [4.78, 5) is 22.3. The zero-order chi connectivity index (χ0) is 13.1. The first-order chi connectivity index (χ1) is 8.58. The van der Waals surface area contributed by atoms with Gasteiger partial charge in [0.05, 0.1) is 18.8 Å². The molecule has 0 unspecified atom stereocenters. The zero-order valence-corrected chi connectivity index (χ0v) is 9.56. The largest absolute Gasteiger partial charge is 0.545 e. The Hall–Kier alpha value is -2.50. The Morgan fingerprint density at radius 3 is 2.72 bits per heavy atom. The van der Waals surface area contributed by atoms with Gasteiger partial charge >= 0.3 is 0 Å². The average Bonchev–Trinajstić information content (AvgIpc) is 2.94. The Morgan fingerprint density at radius 1 is 1.33 bits per heavy atom. The second-order valence-electron chi connectivity index (χ2n) is 3.64. The van der Waals surface area contributed by atoms with Gasteiger partial charge in [-0.15, -0.1) is 0 Å². The Morgan fingerprint density at radius 2 is 2.11 bits per heavy atom. The zero-order valence-electron chi connectivity index (χ0n) is 9.56. The summed E-state index contributed by atoms with van der Waals surface area (Å²) in [5.74, 6) is -0.875. The average molecular weight is 248 g/mol. The van der Waals surface area contributed by atoms with Crippen LogP contribution in [0.15, 0.2) is 33.3 Å². The van der Waals surface area contributed by atoms with E-state index in [0.29, 0.717) is 5.76 Å². The fourth-order valence-electron chi connectivity index (χ4n) is 1.46. The van der Waals surface area contributed by atoms with Crippen LogP contribution in [0.4, 0.5) is 0 Å². The summed E-state index contributed by atoms with van der Waals surface area (Å²) in [5.41, 5.74) is -0.0778. The Kier molecular flexibility index (Phi) is 3.18. The Labute approximate surface area is 102 Å². The maximum atomic E-state index is 11.6. The molecule has 0 saturated carbocycles. The number of hydrogen-bond acceptors (Lipinski definition) is 5. The molecule has 94 valence electrons. The highest BCUT2D eigenvalue weighted by Crippen LogP contribution is 2.10. The number of furan rings is 2. The van der Waals surface area contributed by atoms with Gasteiger partial charge in [0.1, 0.15) is 11.5 Å². The standard InChI is InChI=1S/C12H11NO5/c1-7-2-3-9(18-7)11(14)13-6-10-8(12(15)16)4-5-17-10/h2-5H,6H2,1H3,(H,13,14)(H,15,16)/p-1. The van der Waals surface area contributed by atoms with E-state index in [1.807, 2.05) is 0 Å². The molecule has 0 atom stereocenters. The van der Waals surface area contributed by atoms with Gasteiger partial charge < -0.3 is 24.1 Å². The number of rotatable bonds is 4. The Balaban J connectivity index is 2.01. The molecule has 0 radical (unpaired) electrons. The molecule has 2 aromatic rings. The van der Waals surface area contributed by atoms with Gasteiger partial charge in [-0.05, 0) is 25.1 Å². The maximum absolute atomic E-state index is 11.6. The SMILES string of the molecule is Cc1ccc(C(=O)NCc2occc2C(=O)[O-])o1. The summed E-state index contributed by atoms with van der Waals surface area (Å²) in [6.07, 6.45) is 1.23. The number of carboxylic acid groups (broad SMARTS) is 1. The summed E-state index contributed by atoms with van der Waals surface area (Å²) in [5, 5.41) is 13.2. The highest BCUT2D eigenvalue weighted by molar-refractivity contribution is 5.91. The molecule has 0 bridgehead atoms. The van der Waals surface area contributed by atoms with Crippen molar-refractivity contribution >= 4 is 11.9 Å². The molecule has 0 fully saturated rings. The van der Waals surface area contributed by atoms with E-state index in [2.05, 4.69) is 5.32 Å². The summed E-state index contributed by atoms with van der Waals surface area (Å²) in [6, 6.07) is 4.47. The molecule has 0 aliphatic rings. The molecule has 0 spiro atoms. The van der Waals surface area contributed by atoms with Crippen molar-refractivity contribution in [2.24, 2.45) is 0 Å². The van der Waals surface area contributed by atoms with Gasteiger partial charge in [-0.2, -0.15) is 0 Å². The number of aromatic carboxylic acids is 1. The first kappa shape index (κ1) is 12.0. The second-order valence-corrected chi connectivity index (χ2v) is 3.64. The number of carbonyl (C=O) groups excluding carboxylic acids is 2. The lowest BCUT2D eigenvalue weighted by molar-refractivity contribution is -0.255. The van der Waals surface area contributed by atoms with Crippen molar-refractivity contribution in [2.45, 2.75) is 13.5 Å². The van der Waals surface area contributed by atoms with Crippen molar-refractivity contribution in [1.29, 1.82) is 0 Å². The molecule has 2 rings (SSSR count). The van der Waals surface area contributed by atoms with Gasteiger partial charge in [-0.1, -0.05) is 0 Å². The molecule has 6 nitrogen and oxygen atoms in total. The van der Waals surface area contributed by atoms with Crippen molar-refractivity contribution in [3.05, 3.63) is 47.3 Å². The molecular formula is C12H10NO5-. The lowest BCUT2D eigenvalue weighted by atomic mass is 10.2. The van der Waals surface area contributed by atoms with Crippen molar-refractivity contribution in [3.63, 3.8) is 0 Å². The number of carboxylic acids is 1. The van der Waals surface area contributed by atoms with E-state index >= 15 is 0 Å². The van der Waals surface area contributed by atoms with Crippen molar-refractivity contribution < 1.29 is 23.5 Å². The monoisotopic (exact) mass is 248 g/mol. The van der Waals surface area contributed by atoms with Crippen LogP contribution >= 0.6 is 0 Å². The molecule has 2 heterocycles. The number of nitrogens with one attached hydrogen (secondary N) is 1. The third-order valence-corrected chi connectivity index (χ3v) is 2.34. The van der Waals surface area contributed by atoms with Crippen LogP contribution in [0.2, 0.25) is 0 Å².